The van der Waals surface area contributed by atoms with Gasteiger partial charge < -0.3 is 9.80 Å². The maximum Gasteiger partial charge on any atom is 0.222 e. The molecule has 0 aromatic heterocycles. The zero-order chi connectivity index (χ0) is 21.7. The summed E-state index contributed by atoms with van der Waals surface area (Å²) in [5, 5.41) is 0. The van der Waals surface area contributed by atoms with Gasteiger partial charge in [0.05, 0.1) is 10.6 Å². The summed E-state index contributed by atoms with van der Waals surface area (Å²) in [7, 11) is -3.37. The van der Waals surface area contributed by atoms with Crippen molar-refractivity contribution in [3.05, 3.63) is 66.2 Å². The number of hydrogen-bond acceptors (Lipinski definition) is 4. The van der Waals surface area contributed by atoms with Crippen LogP contribution in [0.15, 0.2) is 65.6 Å². The molecular formula is C25H32N2O3S. The number of sulfone groups is 1. The average Bonchev–Trinajstić information content (AvgIpc) is 3.00. The molecule has 2 aliphatic rings. The molecule has 0 bridgehead atoms. The Balaban J connectivity index is 1.29. The molecule has 2 aliphatic heterocycles. The van der Waals surface area contributed by atoms with Crippen molar-refractivity contribution in [2.24, 2.45) is 0 Å². The van der Waals surface area contributed by atoms with E-state index in [1.54, 1.807) is 35.2 Å². The monoisotopic (exact) mass is 440 g/mol. The predicted octanol–water partition coefficient (Wildman–Crippen LogP) is 3.72. The van der Waals surface area contributed by atoms with Gasteiger partial charge in [0.25, 0.3) is 0 Å². The average molecular weight is 441 g/mol. The maximum atomic E-state index is 12.6. The molecule has 0 aliphatic carbocycles. The first-order valence-corrected chi connectivity index (χ1v) is 13.0. The Morgan fingerprint density at radius 3 is 2.13 bits per heavy atom. The minimum absolute atomic E-state index is 0.0180. The zero-order valence-corrected chi connectivity index (χ0v) is 18.8. The summed E-state index contributed by atoms with van der Waals surface area (Å²) in [5.41, 5.74) is 1.43. The summed E-state index contributed by atoms with van der Waals surface area (Å²) in [4.78, 5) is 17.3. The molecule has 1 atom stereocenters. The molecule has 2 heterocycles. The van der Waals surface area contributed by atoms with E-state index >= 15 is 0 Å². The van der Waals surface area contributed by atoms with Crippen molar-refractivity contribution in [1.29, 1.82) is 0 Å². The highest BCUT2D eigenvalue weighted by atomic mass is 32.2. The van der Waals surface area contributed by atoms with E-state index in [-0.39, 0.29) is 18.2 Å². The quantitative estimate of drug-likeness (QED) is 0.687. The molecule has 31 heavy (non-hydrogen) atoms. The lowest BCUT2D eigenvalue weighted by Gasteiger charge is -2.37. The second kappa shape index (κ2) is 9.96. The topological polar surface area (TPSA) is 57.7 Å². The standard InChI is InChI=1S/C25H32N2O3S/c28-25-12-11-23(26-16-13-22(14-17-26)21-7-3-1-4-8-21)15-18-27(25)19-20-31(29,30)24-9-5-2-6-10-24/h1-10,22-23H,11-20H2. The van der Waals surface area contributed by atoms with Gasteiger partial charge in [-0.25, -0.2) is 8.42 Å². The van der Waals surface area contributed by atoms with Crippen LogP contribution in [-0.4, -0.2) is 62.1 Å². The van der Waals surface area contributed by atoms with Crippen LogP contribution in [0.5, 0.6) is 0 Å². The fourth-order valence-corrected chi connectivity index (χ4v) is 6.19. The lowest BCUT2D eigenvalue weighted by molar-refractivity contribution is -0.130. The SMILES string of the molecule is O=C1CCC(N2CCC(c3ccccc3)CC2)CCN1CCS(=O)(=O)c1ccccc1. The minimum atomic E-state index is -3.37. The van der Waals surface area contributed by atoms with E-state index in [4.69, 9.17) is 0 Å². The Labute approximate surface area is 186 Å². The number of nitrogens with zero attached hydrogens (tertiary/aromatic N) is 2. The minimum Gasteiger partial charge on any atom is -0.342 e. The number of hydrogen-bond donors (Lipinski definition) is 0. The molecule has 0 spiro atoms. The van der Waals surface area contributed by atoms with E-state index in [1.165, 1.54) is 5.56 Å². The van der Waals surface area contributed by atoms with Crippen LogP contribution in [0.2, 0.25) is 0 Å². The second-order valence-corrected chi connectivity index (χ2v) is 10.8. The molecule has 2 saturated heterocycles. The first-order chi connectivity index (χ1) is 15.0. The first-order valence-electron chi connectivity index (χ1n) is 11.4. The number of rotatable bonds is 6. The van der Waals surface area contributed by atoms with Crippen LogP contribution in [0.3, 0.4) is 0 Å². The maximum absolute atomic E-state index is 12.6. The van der Waals surface area contributed by atoms with Gasteiger partial charge in [0.2, 0.25) is 5.91 Å². The van der Waals surface area contributed by atoms with Gasteiger partial charge in [-0.15, -0.1) is 0 Å². The van der Waals surface area contributed by atoms with E-state index in [2.05, 4.69) is 35.2 Å². The third-order valence-electron chi connectivity index (χ3n) is 6.83. The molecule has 0 N–H and O–H groups in total. The molecule has 2 aromatic carbocycles. The second-order valence-electron chi connectivity index (χ2n) is 8.71. The highest BCUT2D eigenvalue weighted by molar-refractivity contribution is 7.91. The fourth-order valence-electron chi connectivity index (χ4n) is 4.92. The molecule has 166 valence electrons. The van der Waals surface area contributed by atoms with Crippen molar-refractivity contribution in [2.75, 3.05) is 31.9 Å². The Kier molecular flexibility index (Phi) is 7.08. The third-order valence-corrected chi connectivity index (χ3v) is 8.54. The number of carbonyl (C=O) groups excluding carboxylic acids is 1. The number of likely N-dealkylation sites (tertiary alicyclic amines) is 2. The summed E-state index contributed by atoms with van der Waals surface area (Å²) in [6.07, 6.45) is 4.62. The van der Waals surface area contributed by atoms with Gasteiger partial charge in [-0.2, -0.15) is 0 Å². The molecule has 5 nitrogen and oxygen atoms in total. The van der Waals surface area contributed by atoms with Crippen molar-refractivity contribution in [3.8, 4) is 0 Å². The van der Waals surface area contributed by atoms with Gasteiger partial charge in [0.1, 0.15) is 0 Å². The number of amides is 1. The van der Waals surface area contributed by atoms with Crippen LogP contribution < -0.4 is 0 Å². The van der Waals surface area contributed by atoms with Gasteiger partial charge >= 0.3 is 0 Å². The zero-order valence-electron chi connectivity index (χ0n) is 18.0. The van der Waals surface area contributed by atoms with Gasteiger partial charge in [-0.3, -0.25) is 4.79 Å². The largest absolute Gasteiger partial charge is 0.342 e. The number of benzene rings is 2. The van der Waals surface area contributed by atoms with Gasteiger partial charge in [0, 0.05) is 25.6 Å². The Hall–Kier alpha value is -2.18. The summed E-state index contributed by atoms with van der Waals surface area (Å²) in [6, 6.07) is 19.7. The van der Waals surface area contributed by atoms with Crippen LogP contribution >= 0.6 is 0 Å². The molecule has 6 heteroatoms. The summed E-state index contributed by atoms with van der Waals surface area (Å²) in [5.74, 6) is 0.699. The van der Waals surface area contributed by atoms with Crippen molar-refractivity contribution >= 4 is 15.7 Å². The van der Waals surface area contributed by atoms with E-state index < -0.39 is 9.84 Å². The van der Waals surface area contributed by atoms with Crippen LogP contribution in [0.4, 0.5) is 0 Å². The summed E-state index contributed by atoms with van der Waals surface area (Å²) in [6.45, 7) is 3.06. The van der Waals surface area contributed by atoms with E-state index in [1.807, 2.05) is 0 Å². The van der Waals surface area contributed by atoms with Gasteiger partial charge in [-0.1, -0.05) is 48.5 Å². The molecule has 0 radical (unpaired) electrons. The summed E-state index contributed by atoms with van der Waals surface area (Å²) < 4.78 is 25.2. The molecule has 4 rings (SSSR count). The predicted molar refractivity (Wildman–Crippen MR) is 123 cm³/mol. The fraction of sp³-hybridized carbons (Fsp3) is 0.480. The Bertz CT molecular complexity index is 955. The number of carbonyl (C=O) groups is 1. The third kappa shape index (κ3) is 5.55. The van der Waals surface area contributed by atoms with Gasteiger partial charge in [-0.05, 0) is 62.4 Å². The Morgan fingerprint density at radius 1 is 0.806 bits per heavy atom. The van der Waals surface area contributed by atoms with E-state index in [0.717, 1.165) is 38.8 Å². The van der Waals surface area contributed by atoms with Crippen molar-refractivity contribution < 1.29 is 13.2 Å². The molecule has 1 unspecified atom stereocenters. The van der Waals surface area contributed by atoms with Crippen LogP contribution in [-0.2, 0) is 14.6 Å². The molecule has 2 fully saturated rings. The number of piperidine rings is 1. The van der Waals surface area contributed by atoms with Crippen molar-refractivity contribution in [1.82, 2.24) is 9.80 Å². The van der Waals surface area contributed by atoms with E-state index in [0.29, 0.717) is 29.8 Å². The molecule has 2 aromatic rings. The highest BCUT2D eigenvalue weighted by Crippen LogP contribution is 2.30. The highest BCUT2D eigenvalue weighted by Gasteiger charge is 2.30. The van der Waals surface area contributed by atoms with Crippen LogP contribution in [0.25, 0.3) is 0 Å². The smallest absolute Gasteiger partial charge is 0.222 e. The first kappa shape index (κ1) is 22.0. The van der Waals surface area contributed by atoms with Crippen molar-refractivity contribution in [2.45, 2.75) is 49.0 Å². The van der Waals surface area contributed by atoms with Crippen molar-refractivity contribution in [3.63, 3.8) is 0 Å². The normalized spacial score (nSPS) is 21.7. The molecular weight excluding hydrogens is 408 g/mol. The molecule has 0 saturated carbocycles. The van der Waals surface area contributed by atoms with Crippen LogP contribution in [0, 0.1) is 0 Å². The van der Waals surface area contributed by atoms with E-state index in [9.17, 15) is 13.2 Å². The summed E-state index contributed by atoms with van der Waals surface area (Å²) >= 11 is 0. The Morgan fingerprint density at radius 2 is 1.45 bits per heavy atom. The lowest BCUT2D eigenvalue weighted by Crippen LogP contribution is -2.41. The molecule has 1 amide bonds. The van der Waals surface area contributed by atoms with Gasteiger partial charge in [0.15, 0.2) is 9.84 Å². The lowest BCUT2D eigenvalue weighted by atomic mass is 9.88. The van der Waals surface area contributed by atoms with Crippen LogP contribution in [0.1, 0.15) is 43.6 Å².